The van der Waals surface area contributed by atoms with Gasteiger partial charge in [0.1, 0.15) is 0 Å². The first-order valence-electron chi connectivity index (χ1n) is 3.94. The molecule has 0 atom stereocenters. The Labute approximate surface area is 81.0 Å². The molecular formula is C10H10FNO2. The van der Waals surface area contributed by atoms with Crippen molar-refractivity contribution >= 4 is 17.7 Å². The molecular weight excluding hydrogens is 185 g/mol. The Morgan fingerprint density at radius 3 is 2.86 bits per heavy atom. The van der Waals surface area contributed by atoms with Gasteiger partial charge in [-0.25, -0.2) is 4.79 Å². The Morgan fingerprint density at radius 2 is 2.29 bits per heavy atom. The summed E-state index contributed by atoms with van der Waals surface area (Å²) in [4.78, 5) is 10.7. The largest absolute Gasteiger partial charge is 0.464 e. The molecule has 4 heteroatoms. The molecule has 0 aliphatic carbocycles. The van der Waals surface area contributed by atoms with Gasteiger partial charge in [-0.2, -0.15) is 4.39 Å². The van der Waals surface area contributed by atoms with E-state index in [0.717, 1.165) is 13.2 Å². The van der Waals surface area contributed by atoms with Crippen molar-refractivity contribution < 1.29 is 13.9 Å². The Balaban J connectivity index is 2.91. The van der Waals surface area contributed by atoms with E-state index in [9.17, 15) is 9.18 Å². The van der Waals surface area contributed by atoms with E-state index in [1.165, 1.54) is 0 Å². The van der Waals surface area contributed by atoms with Gasteiger partial charge >= 0.3 is 5.97 Å². The third kappa shape index (κ3) is 2.58. The molecule has 14 heavy (non-hydrogen) atoms. The van der Waals surface area contributed by atoms with Crippen molar-refractivity contribution in [2.45, 2.75) is 0 Å². The fourth-order valence-corrected chi connectivity index (χ4v) is 0.952. The van der Waals surface area contributed by atoms with Crippen LogP contribution >= 0.6 is 0 Å². The Bertz CT molecular complexity index is 374. The lowest BCUT2D eigenvalue weighted by Crippen LogP contribution is -1.99. The minimum absolute atomic E-state index is 0.511. The third-order valence-electron chi connectivity index (χ3n) is 1.58. The molecule has 1 aromatic rings. The van der Waals surface area contributed by atoms with Gasteiger partial charge < -0.3 is 10.5 Å². The van der Waals surface area contributed by atoms with Gasteiger partial charge in [-0.15, -0.1) is 0 Å². The molecule has 0 radical (unpaired) electrons. The van der Waals surface area contributed by atoms with Gasteiger partial charge in [-0.05, 0) is 23.8 Å². The van der Waals surface area contributed by atoms with Crippen LogP contribution in [-0.2, 0) is 9.53 Å². The number of carbonyl (C=O) groups excluding carboxylic acids is 1. The number of anilines is 1. The first-order chi connectivity index (χ1) is 6.63. The molecule has 3 nitrogen and oxygen atoms in total. The first-order valence-corrected chi connectivity index (χ1v) is 3.94. The molecule has 0 heterocycles. The molecule has 0 fully saturated rings. The second-order valence-electron chi connectivity index (χ2n) is 2.65. The van der Waals surface area contributed by atoms with Gasteiger partial charge in [0.2, 0.25) is 5.83 Å². The zero-order valence-electron chi connectivity index (χ0n) is 7.66. The summed E-state index contributed by atoms with van der Waals surface area (Å²) in [5, 5.41) is 0. The van der Waals surface area contributed by atoms with Crippen LogP contribution in [0.5, 0.6) is 0 Å². The average Bonchev–Trinajstić information content (AvgIpc) is 2.16. The highest BCUT2D eigenvalue weighted by molar-refractivity contribution is 5.91. The highest BCUT2D eigenvalue weighted by Crippen LogP contribution is 2.12. The lowest BCUT2D eigenvalue weighted by Gasteiger charge is -1.97. The molecule has 0 spiro atoms. The van der Waals surface area contributed by atoms with Crippen LogP contribution in [0.2, 0.25) is 0 Å². The lowest BCUT2D eigenvalue weighted by atomic mass is 10.2. The maximum absolute atomic E-state index is 13.0. The third-order valence-corrected chi connectivity index (χ3v) is 1.58. The predicted octanol–water partition coefficient (Wildman–Crippen LogP) is 1.75. The monoisotopic (exact) mass is 195 g/mol. The van der Waals surface area contributed by atoms with E-state index in [4.69, 9.17) is 5.73 Å². The molecule has 0 saturated heterocycles. The van der Waals surface area contributed by atoms with Gasteiger partial charge in [-0.3, -0.25) is 0 Å². The molecule has 74 valence electrons. The van der Waals surface area contributed by atoms with Crippen molar-refractivity contribution in [1.82, 2.24) is 0 Å². The van der Waals surface area contributed by atoms with Crippen molar-refractivity contribution in [1.29, 1.82) is 0 Å². The fourth-order valence-electron chi connectivity index (χ4n) is 0.952. The van der Waals surface area contributed by atoms with Crippen LogP contribution in [-0.4, -0.2) is 13.1 Å². The minimum atomic E-state index is -0.993. The molecule has 0 saturated carbocycles. The number of carbonyl (C=O) groups is 1. The molecule has 2 N–H and O–H groups in total. The molecule has 0 amide bonds. The smallest absolute Gasteiger partial charge is 0.366 e. The highest BCUT2D eigenvalue weighted by atomic mass is 19.1. The fraction of sp³-hybridized carbons (Fsp3) is 0.100. The number of hydrogen-bond acceptors (Lipinski definition) is 3. The Hall–Kier alpha value is -1.84. The number of esters is 1. The first kappa shape index (κ1) is 10.2. The highest BCUT2D eigenvalue weighted by Gasteiger charge is 2.07. The van der Waals surface area contributed by atoms with E-state index < -0.39 is 11.8 Å². The predicted molar refractivity (Wildman–Crippen MR) is 52.0 cm³/mol. The SMILES string of the molecule is COC(=O)C(F)=Cc1cccc(N)c1. The summed E-state index contributed by atoms with van der Waals surface area (Å²) in [5.41, 5.74) is 6.51. The standard InChI is InChI=1S/C10H10FNO2/c1-14-10(13)9(11)6-7-3-2-4-8(12)5-7/h2-6H,12H2,1H3. The summed E-state index contributed by atoms with van der Waals surface area (Å²) < 4.78 is 17.2. The van der Waals surface area contributed by atoms with Crippen molar-refractivity contribution in [3.05, 3.63) is 35.7 Å². The van der Waals surface area contributed by atoms with Crippen LogP contribution in [0.4, 0.5) is 10.1 Å². The van der Waals surface area contributed by atoms with E-state index in [2.05, 4.69) is 4.74 Å². The van der Waals surface area contributed by atoms with E-state index in [1.807, 2.05) is 0 Å². The number of hydrogen-bond donors (Lipinski definition) is 1. The zero-order chi connectivity index (χ0) is 10.6. The van der Waals surface area contributed by atoms with Crippen LogP contribution in [0.15, 0.2) is 30.1 Å². The lowest BCUT2D eigenvalue weighted by molar-refractivity contribution is -0.137. The van der Waals surface area contributed by atoms with Crippen molar-refractivity contribution in [2.75, 3.05) is 12.8 Å². The zero-order valence-corrected chi connectivity index (χ0v) is 7.66. The minimum Gasteiger partial charge on any atom is -0.464 e. The Morgan fingerprint density at radius 1 is 1.57 bits per heavy atom. The maximum Gasteiger partial charge on any atom is 0.366 e. The van der Waals surface area contributed by atoms with Gasteiger partial charge in [0.15, 0.2) is 0 Å². The van der Waals surface area contributed by atoms with Gasteiger partial charge in [0.05, 0.1) is 7.11 Å². The number of methoxy groups -OCH3 is 1. The number of rotatable bonds is 2. The molecule has 0 aliphatic heterocycles. The molecule has 0 unspecified atom stereocenters. The van der Waals surface area contributed by atoms with Crippen molar-refractivity contribution in [2.24, 2.45) is 0 Å². The summed E-state index contributed by atoms with van der Waals surface area (Å²) in [7, 11) is 1.12. The van der Waals surface area contributed by atoms with Gasteiger partial charge in [0, 0.05) is 5.69 Å². The second kappa shape index (κ2) is 4.41. The van der Waals surface area contributed by atoms with Crippen molar-refractivity contribution in [3.8, 4) is 0 Å². The van der Waals surface area contributed by atoms with Gasteiger partial charge in [0.25, 0.3) is 0 Å². The van der Waals surface area contributed by atoms with Crippen molar-refractivity contribution in [3.63, 3.8) is 0 Å². The molecule has 0 aromatic heterocycles. The maximum atomic E-state index is 13.0. The quantitative estimate of drug-likeness (QED) is 0.444. The summed E-state index contributed by atoms with van der Waals surface area (Å²) in [6, 6.07) is 6.54. The molecule has 1 aromatic carbocycles. The normalized spacial score (nSPS) is 11.1. The number of nitrogens with two attached hydrogens (primary N) is 1. The Kier molecular flexibility index (Phi) is 3.23. The summed E-state index contributed by atoms with van der Waals surface area (Å²) >= 11 is 0. The molecule has 1 rings (SSSR count). The van der Waals surface area contributed by atoms with Gasteiger partial charge in [-0.1, -0.05) is 12.1 Å². The molecule has 0 aliphatic rings. The van der Waals surface area contributed by atoms with Crippen LogP contribution < -0.4 is 5.73 Å². The summed E-state index contributed by atoms with van der Waals surface area (Å²) in [5.74, 6) is -1.94. The van der Waals surface area contributed by atoms with Crippen LogP contribution in [0.1, 0.15) is 5.56 Å². The van der Waals surface area contributed by atoms with Crippen LogP contribution in [0.25, 0.3) is 6.08 Å². The van der Waals surface area contributed by atoms with Crippen LogP contribution in [0, 0.1) is 0 Å². The topological polar surface area (TPSA) is 52.3 Å². The van der Waals surface area contributed by atoms with Crippen LogP contribution in [0.3, 0.4) is 0 Å². The summed E-state index contributed by atoms with van der Waals surface area (Å²) in [6.07, 6.45) is 1.07. The number of benzene rings is 1. The van der Waals surface area contributed by atoms with E-state index in [0.29, 0.717) is 11.3 Å². The number of halogens is 1. The number of ether oxygens (including phenoxy) is 1. The second-order valence-corrected chi connectivity index (χ2v) is 2.65. The molecule has 0 bridgehead atoms. The van der Waals surface area contributed by atoms with E-state index >= 15 is 0 Å². The van der Waals surface area contributed by atoms with E-state index in [1.54, 1.807) is 24.3 Å². The average molecular weight is 195 g/mol. The summed E-state index contributed by atoms with van der Waals surface area (Å²) in [6.45, 7) is 0. The number of nitrogen functional groups attached to an aromatic ring is 1. The van der Waals surface area contributed by atoms with E-state index in [-0.39, 0.29) is 0 Å².